The molecule has 1 amide bonds. The van der Waals surface area contributed by atoms with Gasteiger partial charge in [-0.25, -0.2) is 5.43 Å². The first-order chi connectivity index (χ1) is 12.1. The summed E-state index contributed by atoms with van der Waals surface area (Å²) in [5, 5.41) is 2.82. The number of carbonyl (C=O) groups is 2. The average molecular weight is 404 g/mol. The minimum atomic E-state index is -0.865. The number of benzene rings is 2. The topological polar surface area (TPSA) is 79.5 Å². The Morgan fingerprint density at radius 3 is 2.76 bits per heavy atom. The van der Waals surface area contributed by atoms with Crippen LogP contribution >= 0.6 is 15.9 Å². The lowest BCUT2D eigenvalue weighted by Crippen LogP contribution is -2.47. The van der Waals surface area contributed by atoms with Crippen molar-refractivity contribution in [3.63, 3.8) is 0 Å². The van der Waals surface area contributed by atoms with Gasteiger partial charge in [-0.05, 0) is 42.8 Å². The molecule has 0 saturated carbocycles. The summed E-state index contributed by atoms with van der Waals surface area (Å²) in [6.07, 6.45) is 0. The SMILES string of the molecule is CCOC(=O)C(NNc1ccccc1)C1C(=O)Nc2ccc(Br)cc21. The van der Waals surface area contributed by atoms with Gasteiger partial charge < -0.3 is 15.5 Å². The first kappa shape index (κ1) is 17.4. The zero-order chi connectivity index (χ0) is 17.8. The Morgan fingerprint density at radius 2 is 2.04 bits per heavy atom. The van der Waals surface area contributed by atoms with Gasteiger partial charge in [0.15, 0.2) is 0 Å². The monoisotopic (exact) mass is 403 g/mol. The molecule has 130 valence electrons. The van der Waals surface area contributed by atoms with Crippen LogP contribution in [0.15, 0.2) is 53.0 Å². The maximum atomic E-state index is 12.5. The third-order valence-corrected chi connectivity index (χ3v) is 4.40. The highest BCUT2D eigenvalue weighted by molar-refractivity contribution is 9.10. The average Bonchev–Trinajstić information content (AvgIpc) is 2.92. The molecule has 1 aliphatic heterocycles. The van der Waals surface area contributed by atoms with E-state index in [4.69, 9.17) is 4.74 Å². The Bertz CT molecular complexity index is 782. The standard InChI is InChI=1S/C18H18BrN3O3/c1-2-25-18(24)16(22-21-12-6-4-3-5-7-12)15-13-10-11(19)8-9-14(13)20-17(15)23/h3-10,15-16,21-22H,2H2,1H3,(H,20,23). The molecule has 2 unspecified atom stereocenters. The lowest BCUT2D eigenvalue weighted by atomic mass is 9.93. The summed E-state index contributed by atoms with van der Waals surface area (Å²) in [5.74, 6) is -1.42. The molecule has 0 fully saturated rings. The predicted octanol–water partition coefficient (Wildman–Crippen LogP) is 3.03. The predicted molar refractivity (Wildman–Crippen MR) is 99.1 cm³/mol. The minimum absolute atomic E-state index is 0.238. The second kappa shape index (κ2) is 7.67. The van der Waals surface area contributed by atoms with E-state index in [0.717, 1.165) is 15.7 Å². The first-order valence-corrected chi connectivity index (χ1v) is 8.73. The van der Waals surface area contributed by atoms with Crippen molar-refractivity contribution in [3.8, 4) is 0 Å². The summed E-state index contributed by atoms with van der Waals surface area (Å²) in [6, 6.07) is 14.0. The summed E-state index contributed by atoms with van der Waals surface area (Å²) in [7, 11) is 0. The number of ether oxygens (including phenoxy) is 1. The Balaban J connectivity index is 1.88. The molecule has 2 atom stereocenters. The van der Waals surface area contributed by atoms with Gasteiger partial charge in [0.05, 0.1) is 12.5 Å². The number of hydrazine groups is 1. The van der Waals surface area contributed by atoms with E-state index >= 15 is 0 Å². The molecule has 2 aromatic carbocycles. The zero-order valence-corrected chi connectivity index (χ0v) is 15.2. The van der Waals surface area contributed by atoms with Crippen LogP contribution in [0, 0.1) is 0 Å². The molecular weight excluding hydrogens is 386 g/mol. The van der Waals surface area contributed by atoms with E-state index in [1.165, 1.54) is 0 Å². The summed E-state index contributed by atoms with van der Waals surface area (Å²) < 4.78 is 6.00. The molecule has 7 heteroatoms. The van der Waals surface area contributed by atoms with Crippen molar-refractivity contribution in [2.24, 2.45) is 0 Å². The number of anilines is 2. The molecule has 3 N–H and O–H groups in total. The van der Waals surface area contributed by atoms with E-state index in [9.17, 15) is 9.59 Å². The molecule has 3 rings (SSSR count). The number of fused-ring (bicyclic) bond motifs is 1. The van der Waals surface area contributed by atoms with Crippen molar-refractivity contribution in [3.05, 3.63) is 58.6 Å². The number of carbonyl (C=O) groups excluding carboxylic acids is 2. The Hall–Kier alpha value is -2.38. The molecule has 0 spiro atoms. The van der Waals surface area contributed by atoms with Gasteiger partial charge in [0.1, 0.15) is 6.04 Å². The smallest absolute Gasteiger partial charge is 0.326 e. The van der Waals surface area contributed by atoms with E-state index in [1.807, 2.05) is 48.5 Å². The molecule has 6 nitrogen and oxygen atoms in total. The van der Waals surface area contributed by atoms with Crippen molar-refractivity contribution < 1.29 is 14.3 Å². The third-order valence-electron chi connectivity index (χ3n) is 3.91. The summed E-state index contributed by atoms with van der Waals surface area (Å²) in [4.78, 5) is 25.0. The summed E-state index contributed by atoms with van der Waals surface area (Å²) in [6.45, 7) is 1.97. The van der Waals surface area contributed by atoms with E-state index in [1.54, 1.807) is 6.92 Å². The summed E-state index contributed by atoms with van der Waals surface area (Å²) in [5.41, 5.74) is 8.17. The fourth-order valence-electron chi connectivity index (χ4n) is 2.78. The number of nitrogens with one attached hydrogen (secondary N) is 3. The zero-order valence-electron chi connectivity index (χ0n) is 13.6. The van der Waals surface area contributed by atoms with Crippen LogP contribution < -0.4 is 16.2 Å². The second-order valence-electron chi connectivity index (χ2n) is 5.56. The fraction of sp³-hybridized carbons (Fsp3) is 0.222. The van der Waals surface area contributed by atoms with Crippen LogP contribution in [0.2, 0.25) is 0 Å². The molecule has 25 heavy (non-hydrogen) atoms. The molecule has 0 aromatic heterocycles. The van der Waals surface area contributed by atoms with Gasteiger partial charge in [0.2, 0.25) is 5.91 Å². The second-order valence-corrected chi connectivity index (χ2v) is 6.48. The number of hydrogen-bond donors (Lipinski definition) is 3. The third kappa shape index (κ3) is 3.83. The minimum Gasteiger partial charge on any atom is -0.465 e. The van der Waals surface area contributed by atoms with Crippen molar-refractivity contribution in [1.82, 2.24) is 5.43 Å². The van der Waals surface area contributed by atoms with E-state index < -0.39 is 17.9 Å². The van der Waals surface area contributed by atoms with E-state index in [-0.39, 0.29) is 12.5 Å². The molecule has 1 aliphatic rings. The quantitative estimate of drug-likeness (QED) is 0.510. The van der Waals surface area contributed by atoms with Gasteiger partial charge >= 0.3 is 5.97 Å². The molecule has 0 saturated heterocycles. The van der Waals surface area contributed by atoms with Gasteiger partial charge in [-0.1, -0.05) is 34.1 Å². The number of hydrogen-bond acceptors (Lipinski definition) is 5. The largest absolute Gasteiger partial charge is 0.465 e. The van der Waals surface area contributed by atoms with Gasteiger partial charge in [-0.15, -0.1) is 0 Å². The van der Waals surface area contributed by atoms with Crippen LogP contribution in [-0.2, 0) is 14.3 Å². The van der Waals surface area contributed by atoms with Crippen molar-refractivity contribution >= 4 is 39.2 Å². The van der Waals surface area contributed by atoms with Crippen LogP contribution in [0.1, 0.15) is 18.4 Å². The van der Waals surface area contributed by atoms with E-state index in [2.05, 4.69) is 32.1 Å². The Kier molecular flexibility index (Phi) is 5.35. The Morgan fingerprint density at radius 1 is 1.28 bits per heavy atom. The fourth-order valence-corrected chi connectivity index (χ4v) is 3.16. The number of esters is 1. The Labute approximate surface area is 154 Å². The molecule has 0 aliphatic carbocycles. The lowest BCUT2D eigenvalue weighted by Gasteiger charge is -2.23. The molecule has 1 heterocycles. The van der Waals surface area contributed by atoms with Crippen molar-refractivity contribution in [2.45, 2.75) is 18.9 Å². The molecule has 0 bridgehead atoms. The van der Waals surface area contributed by atoms with Gasteiger partial charge in [0.25, 0.3) is 0 Å². The van der Waals surface area contributed by atoms with Gasteiger partial charge in [-0.3, -0.25) is 9.59 Å². The normalized spacial score (nSPS) is 16.7. The van der Waals surface area contributed by atoms with Crippen LogP contribution in [0.3, 0.4) is 0 Å². The number of rotatable bonds is 6. The highest BCUT2D eigenvalue weighted by atomic mass is 79.9. The van der Waals surface area contributed by atoms with Crippen LogP contribution in [0.25, 0.3) is 0 Å². The highest BCUT2D eigenvalue weighted by Gasteiger charge is 2.41. The molecular formula is C18H18BrN3O3. The van der Waals surface area contributed by atoms with Crippen LogP contribution in [0.5, 0.6) is 0 Å². The van der Waals surface area contributed by atoms with Crippen molar-refractivity contribution in [2.75, 3.05) is 17.3 Å². The van der Waals surface area contributed by atoms with Gasteiger partial charge in [-0.2, -0.15) is 0 Å². The maximum absolute atomic E-state index is 12.5. The lowest BCUT2D eigenvalue weighted by molar-refractivity contribution is -0.147. The van der Waals surface area contributed by atoms with Crippen molar-refractivity contribution in [1.29, 1.82) is 0 Å². The van der Waals surface area contributed by atoms with Crippen LogP contribution in [0.4, 0.5) is 11.4 Å². The summed E-state index contributed by atoms with van der Waals surface area (Å²) >= 11 is 3.41. The first-order valence-electron chi connectivity index (χ1n) is 7.93. The maximum Gasteiger partial charge on any atom is 0.326 e. The number of halogens is 1. The van der Waals surface area contributed by atoms with Crippen LogP contribution in [-0.4, -0.2) is 24.5 Å². The number of amides is 1. The van der Waals surface area contributed by atoms with E-state index in [0.29, 0.717) is 5.69 Å². The molecule has 2 aromatic rings. The molecule has 0 radical (unpaired) electrons. The number of para-hydroxylation sites is 1. The highest BCUT2D eigenvalue weighted by Crippen LogP contribution is 2.36. The van der Waals surface area contributed by atoms with Gasteiger partial charge in [0, 0.05) is 15.8 Å².